The lowest BCUT2D eigenvalue weighted by Crippen LogP contribution is -2.39. The summed E-state index contributed by atoms with van der Waals surface area (Å²) in [4.78, 5) is 22.3. The highest BCUT2D eigenvalue weighted by molar-refractivity contribution is 6.03. The molecule has 0 bridgehead atoms. The monoisotopic (exact) mass is 199 g/mol. The lowest BCUT2D eigenvalue weighted by molar-refractivity contribution is -0.869. The molecule has 0 aliphatic heterocycles. The number of hydrogen-bond donors (Lipinski definition) is 1. The first-order valence-corrected chi connectivity index (χ1v) is 4.52. The van der Waals surface area contributed by atoms with Crippen molar-refractivity contribution in [1.29, 1.82) is 0 Å². The molecule has 0 aromatic rings. The summed E-state index contributed by atoms with van der Waals surface area (Å²) >= 11 is 0. The maximum absolute atomic E-state index is 11.2. The lowest BCUT2D eigenvalue weighted by Gasteiger charge is -2.23. The van der Waals surface area contributed by atoms with Gasteiger partial charge in [-0.15, -0.1) is 0 Å². The fourth-order valence-electron chi connectivity index (χ4n) is 0.733. The van der Waals surface area contributed by atoms with Crippen LogP contribution in [-0.2, 0) is 9.59 Å². The number of nitrogens with zero attached hydrogens (tertiary/aromatic N) is 1. The van der Waals surface area contributed by atoms with Gasteiger partial charge in [-0.1, -0.05) is 6.58 Å². The molecular formula is C10H19N2O2+. The van der Waals surface area contributed by atoms with Gasteiger partial charge >= 0.3 is 0 Å². The Bertz CT molecular complexity index is 251. The second kappa shape index (κ2) is 4.91. The van der Waals surface area contributed by atoms with Gasteiger partial charge in [0, 0.05) is 5.57 Å². The molecule has 0 atom stereocenters. The molecule has 0 heterocycles. The summed E-state index contributed by atoms with van der Waals surface area (Å²) in [5.74, 6) is -0.637. The van der Waals surface area contributed by atoms with Crippen LogP contribution in [0.15, 0.2) is 12.2 Å². The zero-order valence-corrected chi connectivity index (χ0v) is 9.39. The maximum atomic E-state index is 11.2. The summed E-state index contributed by atoms with van der Waals surface area (Å²) in [6.07, 6.45) is 0.350. The van der Waals surface area contributed by atoms with Crippen molar-refractivity contribution in [2.75, 3.05) is 27.7 Å². The summed E-state index contributed by atoms with van der Waals surface area (Å²) in [5.41, 5.74) is 0.351. The molecule has 0 spiro atoms. The molecular weight excluding hydrogens is 180 g/mol. The maximum Gasteiger partial charge on any atom is 0.252 e. The van der Waals surface area contributed by atoms with Crippen LogP contribution in [0.1, 0.15) is 13.3 Å². The molecule has 0 aliphatic rings. The van der Waals surface area contributed by atoms with Crippen molar-refractivity contribution < 1.29 is 14.1 Å². The fourth-order valence-corrected chi connectivity index (χ4v) is 0.733. The molecule has 0 saturated heterocycles. The van der Waals surface area contributed by atoms with Crippen molar-refractivity contribution in [3.8, 4) is 0 Å². The van der Waals surface area contributed by atoms with Crippen LogP contribution in [0.4, 0.5) is 0 Å². The number of amides is 2. The van der Waals surface area contributed by atoms with Crippen LogP contribution < -0.4 is 5.32 Å². The van der Waals surface area contributed by atoms with E-state index in [2.05, 4.69) is 11.9 Å². The van der Waals surface area contributed by atoms with E-state index in [1.807, 2.05) is 21.1 Å². The van der Waals surface area contributed by atoms with Crippen molar-refractivity contribution >= 4 is 11.8 Å². The van der Waals surface area contributed by atoms with Gasteiger partial charge in [0.05, 0.1) is 34.1 Å². The number of imide groups is 1. The predicted octanol–water partition coefficient (Wildman–Crippen LogP) is 0.302. The van der Waals surface area contributed by atoms with Crippen LogP contribution in [0, 0.1) is 0 Å². The molecule has 0 aliphatic carbocycles. The summed E-state index contributed by atoms with van der Waals surface area (Å²) in [6, 6.07) is 0. The zero-order chi connectivity index (χ0) is 11.4. The van der Waals surface area contributed by atoms with Gasteiger partial charge in [-0.05, 0) is 6.92 Å². The highest BCUT2D eigenvalue weighted by Gasteiger charge is 2.13. The molecule has 2 amide bonds. The molecule has 4 heteroatoms. The third-order valence-electron chi connectivity index (χ3n) is 1.65. The van der Waals surface area contributed by atoms with Gasteiger partial charge in [-0.25, -0.2) is 0 Å². The summed E-state index contributed by atoms with van der Waals surface area (Å²) in [5, 5.41) is 2.26. The summed E-state index contributed by atoms with van der Waals surface area (Å²) < 4.78 is 0.703. The molecule has 0 aromatic carbocycles. The van der Waals surface area contributed by atoms with Gasteiger partial charge in [0.25, 0.3) is 5.91 Å². The van der Waals surface area contributed by atoms with Crippen molar-refractivity contribution in [1.82, 2.24) is 5.32 Å². The van der Waals surface area contributed by atoms with Crippen LogP contribution in [0.2, 0.25) is 0 Å². The van der Waals surface area contributed by atoms with E-state index in [1.165, 1.54) is 0 Å². The standard InChI is InChI=1S/C10H18N2O2/c1-8(2)10(14)11-9(13)6-7-12(3,4)5/h1,6-7H2,2-5H3/p+1. The molecule has 0 fully saturated rings. The predicted molar refractivity (Wildman–Crippen MR) is 55.5 cm³/mol. The van der Waals surface area contributed by atoms with E-state index in [4.69, 9.17) is 0 Å². The molecule has 0 saturated carbocycles. The minimum Gasteiger partial charge on any atom is -0.330 e. The first-order chi connectivity index (χ1) is 6.22. The Morgan fingerprint density at radius 3 is 2.14 bits per heavy atom. The van der Waals surface area contributed by atoms with Gasteiger partial charge in [-0.3, -0.25) is 14.9 Å². The number of rotatable bonds is 4. The number of carbonyl (C=O) groups excluding carboxylic acids is 2. The van der Waals surface area contributed by atoms with Gasteiger partial charge in [0.15, 0.2) is 0 Å². The molecule has 0 unspecified atom stereocenters. The molecule has 4 nitrogen and oxygen atoms in total. The van der Waals surface area contributed by atoms with E-state index >= 15 is 0 Å². The minimum absolute atomic E-state index is 0.244. The Balaban J connectivity index is 3.89. The second-order valence-electron chi connectivity index (χ2n) is 4.42. The Morgan fingerprint density at radius 1 is 1.29 bits per heavy atom. The van der Waals surface area contributed by atoms with Crippen molar-refractivity contribution in [3.05, 3.63) is 12.2 Å². The van der Waals surface area contributed by atoms with E-state index in [0.717, 1.165) is 0 Å². The Morgan fingerprint density at radius 2 is 1.79 bits per heavy atom. The quantitative estimate of drug-likeness (QED) is 0.523. The van der Waals surface area contributed by atoms with Crippen LogP contribution >= 0.6 is 0 Å². The van der Waals surface area contributed by atoms with Crippen molar-refractivity contribution in [2.45, 2.75) is 13.3 Å². The third-order valence-corrected chi connectivity index (χ3v) is 1.65. The first-order valence-electron chi connectivity index (χ1n) is 4.52. The average Bonchev–Trinajstić information content (AvgIpc) is 1.99. The molecule has 1 N–H and O–H groups in total. The molecule has 14 heavy (non-hydrogen) atoms. The SMILES string of the molecule is C=C(C)C(=O)NC(=O)CC[N+](C)(C)C. The van der Waals surface area contributed by atoms with Crippen LogP contribution in [0.5, 0.6) is 0 Å². The average molecular weight is 199 g/mol. The summed E-state index contributed by atoms with van der Waals surface area (Å²) in [6.45, 7) is 5.72. The number of quaternary nitrogens is 1. The highest BCUT2D eigenvalue weighted by Crippen LogP contribution is 1.94. The molecule has 0 radical (unpaired) electrons. The fraction of sp³-hybridized carbons (Fsp3) is 0.600. The van der Waals surface area contributed by atoms with Crippen molar-refractivity contribution in [2.24, 2.45) is 0 Å². The van der Waals surface area contributed by atoms with Crippen LogP contribution in [0.3, 0.4) is 0 Å². The topological polar surface area (TPSA) is 46.2 Å². The lowest BCUT2D eigenvalue weighted by atomic mass is 10.3. The largest absolute Gasteiger partial charge is 0.330 e. The summed E-state index contributed by atoms with van der Waals surface area (Å²) in [7, 11) is 5.98. The molecule has 0 aromatic heterocycles. The van der Waals surface area contributed by atoms with Crippen LogP contribution in [0.25, 0.3) is 0 Å². The van der Waals surface area contributed by atoms with E-state index in [1.54, 1.807) is 6.92 Å². The minimum atomic E-state index is -0.392. The van der Waals surface area contributed by atoms with Crippen LogP contribution in [-0.4, -0.2) is 44.0 Å². The Kier molecular flexibility index (Phi) is 4.50. The zero-order valence-electron chi connectivity index (χ0n) is 9.39. The number of hydrogen-bond acceptors (Lipinski definition) is 2. The van der Waals surface area contributed by atoms with Gasteiger partial charge < -0.3 is 4.48 Å². The van der Waals surface area contributed by atoms with Gasteiger partial charge in [0.2, 0.25) is 5.91 Å². The first kappa shape index (κ1) is 12.8. The van der Waals surface area contributed by atoms with E-state index in [9.17, 15) is 9.59 Å². The normalized spacial score (nSPS) is 10.9. The van der Waals surface area contributed by atoms with Crippen molar-refractivity contribution in [3.63, 3.8) is 0 Å². The van der Waals surface area contributed by atoms with E-state index in [0.29, 0.717) is 23.0 Å². The van der Waals surface area contributed by atoms with E-state index in [-0.39, 0.29) is 5.91 Å². The third kappa shape index (κ3) is 6.37. The number of nitrogens with one attached hydrogen (secondary N) is 1. The number of carbonyl (C=O) groups is 2. The van der Waals surface area contributed by atoms with Gasteiger partial charge in [-0.2, -0.15) is 0 Å². The molecule has 0 rings (SSSR count). The smallest absolute Gasteiger partial charge is 0.252 e. The molecule has 80 valence electrons. The van der Waals surface area contributed by atoms with Gasteiger partial charge in [0.1, 0.15) is 0 Å². The van der Waals surface area contributed by atoms with E-state index < -0.39 is 5.91 Å². The highest BCUT2D eigenvalue weighted by atomic mass is 16.2. The Labute approximate surface area is 85.2 Å². The Hall–Kier alpha value is -1.16. The second-order valence-corrected chi connectivity index (χ2v) is 4.42.